The van der Waals surface area contributed by atoms with Crippen LogP contribution < -0.4 is 0 Å². The quantitative estimate of drug-likeness (QED) is 0.588. The lowest BCUT2D eigenvalue weighted by Crippen LogP contribution is -2.46. The van der Waals surface area contributed by atoms with Crippen LogP contribution in [-0.2, 0) is 9.63 Å². The molecule has 140 valence electrons. The summed E-state index contributed by atoms with van der Waals surface area (Å²) in [5, 5.41) is 4.55. The van der Waals surface area contributed by atoms with Gasteiger partial charge in [0.15, 0.2) is 0 Å². The Morgan fingerprint density at radius 1 is 1.15 bits per heavy atom. The molecule has 2 aliphatic carbocycles. The van der Waals surface area contributed by atoms with E-state index in [1.54, 1.807) is 43.3 Å². The van der Waals surface area contributed by atoms with Crippen molar-refractivity contribution in [1.29, 1.82) is 0 Å². The highest BCUT2D eigenvalue weighted by Gasteiger charge is 2.72. The van der Waals surface area contributed by atoms with Crippen molar-refractivity contribution in [1.82, 2.24) is 4.90 Å². The fourth-order valence-corrected chi connectivity index (χ4v) is 4.91. The molecule has 5 nitrogen and oxygen atoms in total. The third-order valence-electron chi connectivity index (χ3n) is 6.88. The molecule has 26 heavy (non-hydrogen) atoms. The molecule has 0 saturated heterocycles. The van der Waals surface area contributed by atoms with Crippen LogP contribution in [-0.4, -0.2) is 36.6 Å². The molecule has 0 spiro atoms. The number of hydrogen-bond donors (Lipinski definition) is 0. The second-order valence-corrected chi connectivity index (χ2v) is 8.72. The summed E-state index contributed by atoms with van der Waals surface area (Å²) in [5.41, 5.74) is 0.0200. The highest BCUT2D eigenvalue weighted by atomic mass is 35.5. The van der Waals surface area contributed by atoms with Crippen LogP contribution in [0.25, 0.3) is 0 Å². The molecule has 1 amide bonds. The van der Waals surface area contributed by atoms with Gasteiger partial charge in [-0.3, -0.25) is 4.79 Å². The molecular formula is C20H25ClN2O3. The number of fused-ring (bicyclic) bond motifs is 2. The summed E-state index contributed by atoms with van der Waals surface area (Å²) in [5.74, 6) is -0.464. The topological polar surface area (TPSA) is 59.0 Å². The molecule has 2 fully saturated rings. The van der Waals surface area contributed by atoms with Gasteiger partial charge < -0.3 is 9.74 Å². The molecule has 2 atom stereocenters. The van der Waals surface area contributed by atoms with Gasteiger partial charge >= 0.3 is 5.97 Å². The molecule has 2 saturated carbocycles. The Morgan fingerprint density at radius 2 is 1.81 bits per heavy atom. The van der Waals surface area contributed by atoms with Crippen LogP contribution in [0, 0.1) is 16.2 Å². The normalized spacial score (nSPS) is 30.5. The number of halogens is 1. The van der Waals surface area contributed by atoms with Gasteiger partial charge in [-0.15, -0.1) is 0 Å². The summed E-state index contributed by atoms with van der Waals surface area (Å²) in [6.07, 6.45) is 2.19. The van der Waals surface area contributed by atoms with Crippen molar-refractivity contribution in [2.24, 2.45) is 21.4 Å². The number of amides is 1. The first kappa shape index (κ1) is 18.9. The maximum absolute atomic E-state index is 13.0. The molecule has 0 aliphatic heterocycles. The number of rotatable bonds is 3. The highest BCUT2D eigenvalue weighted by molar-refractivity contribution is 6.33. The zero-order valence-corrected chi connectivity index (χ0v) is 16.7. The number of nitrogens with zero attached hydrogens (tertiary/aromatic N) is 2. The monoisotopic (exact) mass is 376 g/mol. The van der Waals surface area contributed by atoms with E-state index >= 15 is 0 Å². The van der Waals surface area contributed by atoms with E-state index in [1.165, 1.54) is 0 Å². The van der Waals surface area contributed by atoms with Crippen molar-refractivity contribution in [2.45, 2.75) is 40.0 Å². The summed E-state index contributed by atoms with van der Waals surface area (Å²) in [4.78, 5) is 32.2. The molecule has 2 aliphatic rings. The van der Waals surface area contributed by atoms with Gasteiger partial charge in [-0.05, 0) is 30.4 Å². The molecule has 2 unspecified atom stereocenters. The summed E-state index contributed by atoms with van der Waals surface area (Å²) in [6.45, 7) is 6.37. The Morgan fingerprint density at radius 3 is 2.42 bits per heavy atom. The zero-order valence-electron chi connectivity index (χ0n) is 15.9. The van der Waals surface area contributed by atoms with Crippen LogP contribution in [0.4, 0.5) is 0 Å². The highest BCUT2D eigenvalue weighted by Crippen LogP contribution is 2.71. The van der Waals surface area contributed by atoms with Crippen LogP contribution in [0.15, 0.2) is 29.4 Å². The van der Waals surface area contributed by atoms with Gasteiger partial charge in [0.1, 0.15) is 0 Å². The average molecular weight is 377 g/mol. The third-order valence-corrected chi connectivity index (χ3v) is 7.21. The van der Waals surface area contributed by atoms with E-state index in [2.05, 4.69) is 25.9 Å². The van der Waals surface area contributed by atoms with E-state index in [-0.39, 0.29) is 22.3 Å². The maximum atomic E-state index is 13.0. The summed E-state index contributed by atoms with van der Waals surface area (Å²) in [7, 11) is 3.57. The van der Waals surface area contributed by atoms with Crippen molar-refractivity contribution >= 4 is 29.2 Å². The molecule has 0 heterocycles. The standard InChI is InChI=1S/C20H25ClN2O3/c1-18(2)19(3)10-11-20(18,17(25)23(4)5)12-15(19)22-26-16(24)13-8-6-7-9-14(13)21/h6-9H,10-12H2,1-5H3. The molecule has 0 radical (unpaired) electrons. The lowest BCUT2D eigenvalue weighted by atomic mass is 9.64. The Balaban J connectivity index is 1.91. The van der Waals surface area contributed by atoms with Crippen molar-refractivity contribution in [2.75, 3.05) is 14.1 Å². The largest absolute Gasteiger partial charge is 0.367 e. The van der Waals surface area contributed by atoms with Crippen LogP contribution in [0.5, 0.6) is 0 Å². The summed E-state index contributed by atoms with van der Waals surface area (Å²) < 4.78 is 0. The van der Waals surface area contributed by atoms with Gasteiger partial charge in [0, 0.05) is 25.9 Å². The molecule has 3 rings (SSSR count). The molecule has 1 aromatic carbocycles. The zero-order chi connectivity index (χ0) is 19.3. The van der Waals surface area contributed by atoms with Gasteiger partial charge in [-0.25, -0.2) is 4.79 Å². The van der Waals surface area contributed by atoms with E-state index < -0.39 is 11.4 Å². The fraction of sp³-hybridized carbons (Fsp3) is 0.550. The minimum absolute atomic E-state index is 0.119. The smallest absolute Gasteiger partial charge is 0.348 e. The second kappa shape index (κ2) is 6.08. The van der Waals surface area contributed by atoms with Crippen molar-refractivity contribution in [3.63, 3.8) is 0 Å². The van der Waals surface area contributed by atoms with Crippen LogP contribution in [0.1, 0.15) is 50.4 Å². The van der Waals surface area contributed by atoms with Crippen LogP contribution in [0.2, 0.25) is 5.02 Å². The fourth-order valence-electron chi connectivity index (χ4n) is 4.70. The number of benzene rings is 1. The third kappa shape index (κ3) is 2.40. The Hall–Kier alpha value is -1.88. The first-order valence-electron chi connectivity index (χ1n) is 8.82. The predicted molar refractivity (Wildman–Crippen MR) is 101 cm³/mol. The lowest BCUT2D eigenvalue weighted by Gasteiger charge is -2.40. The molecule has 1 aromatic rings. The lowest BCUT2D eigenvalue weighted by molar-refractivity contribution is -0.144. The summed E-state index contributed by atoms with van der Waals surface area (Å²) in [6, 6.07) is 6.72. The van der Waals surface area contributed by atoms with Crippen molar-refractivity contribution < 1.29 is 14.4 Å². The van der Waals surface area contributed by atoms with E-state index in [0.29, 0.717) is 11.4 Å². The SMILES string of the molecule is CN(C)C(=O)C12CCC(C)(C(=NOC(=O)c3ccccc3Cl)C1)C2(C)C. The molecular weight excluding hydrogens is 352 g/mol. The summed E-state index contributed by atoms with van der Waals surface area (Å²) >= 11 is 6.05. The number of hydrogen-bond acceptors (Lipinski definition) is 4. The van der Waals surface area contributed by atoms with Crippen molar-refractivity contribution in [3.8, 4) is 0 Å². The average Bonchev–Trinajstić information content (AvgIpc) is 2.89. The number of carbonyl (C=O) groups is 2. The van der Waals surface area contributed by atoms with E-state index in [9.17, 15) is 9.59 Å². The second-order valence-electron chi connectivity index (χ2n) is 8.31. The van der Waals surface area contributed by atoms with Gasteiger partial charge in [0.25, 0.3) is 0 Å². The van der Waals surface area contributed by atoms with Gasteiger partial charge in [-0.1, -0.05) is 49.7 Å². The number of oxime groups is 1. The maximum Gasteiger partial charge on any atom is 0.367 e. The first-order chi connectivity index (χ1) is 12.1. The minimum Gasteiger partial charge on any atom is -0.348 e. The van der Waals surface area contributed by atoms with Gasteiger partial charge in [-0.2, -0.15) is 0 Å². The molecule has 2 bridgehead atoms. The van der Waals surface area contributed by atoms with Crippen molar-refractivity contribution in [3.05, 3.63) is 34.9 Å². The molecule has 0 N–H and O–H groups in total. The van der Waals surface area contributed by atoms with Gasteiger partial charge in [0.05, 0.1) is 21.7 Å². The molecule has 6 heteroatoms. The predicted octanol–water partition coefficient (Wildman–Crippen LogP) is 4.16. The van der Waals surface area contributed by atoms with Gasteiger partial charge in [0.2, 0.25) is 5.91 Å². The minimum atomic E-state index is -0.583. The Labute approximate surface area is 159 Å². The van der Waals surface area contributed by atoms with E-state index in [0.717, 1.165) is 18.6 Å². The van der Waals surface area contributed by atoms with Crippen LogP contribution in [0.3, 0.4) is 0 Å². The van der Waals surface area contributed by atoms with E-state index in [4.69, 9.17) is 16.4 Å². The molecule has 0 aromatic heterocycles. The Bertz CT molecular complexity index is 802. The van der Waals surface area contributed by atoms with E-state index in [1.807, 2.05) is 0 Å². The Kier molecular flexibility index (Phi) is 4.42. The van der Waals surface area contributed by atoms with Crippen LogP contribution >= 0.6 is 11.6 Å². The number of carbonyl (C=O) groups excluding carboxylic acids is 2. The first-order valence-corrected chi connectivity index (χ1v) is 9.20.